The van der Waals surface area contributed by atoms with Gasteiger partial charge in [0.25, 0.3) is 5.91 Å². The lowest BCUT2D eigenvalue weighted by Crippen LogP contribution is -2.21. The van der Waals surface area contributed by atoms with Gasteiger partial charge in [-0.2, -0.15) is 5.10 Å². The van der Waals surface area contributed by atoms with Crippen molar-refractivity contribution in [1.29, 1.82) is 0 Å². The lowest BCUT2D eigenvalue weighted by molar-refractivity contribution is -0.118. The van der Waals surface area contributed by atoms with E-state index >= 15 is 0 Å². The Kier molecular flexibility index (Phi) is 7.82. The predicted molar refractivity (Wildman–Crippen MR) is 114 cm³/mol. The Bertz CT molecular complexity index is 878. The van der Waals surface area contributed by atoms with Gasteiger partial charge in [0, 0.05) is 5.69 Å². The molecule has 0 bridgehead atoms. The van der Waals surface area contributed by atoms with Crippen LogP contribution in [0, 0.1) is 6.92 Å². The molecule has 0 radical (unpaired) electrons. The van der Waals surface area contributed by atoms with Crippen LogP contribution in [0.15, 0.2) is 51.1 Å². The van der Waals surface area contributed by atoms with Crippen molar-refractivity contribution in [3.8, 4) is 11.5 Å². The molecule has 148 valence electrons. The third kappa shape index (κ3) is 6.58. The van der Waals surface area contributed by atoms with Gasteiger partial charge in [0.1, 0.15) is 0 Å². The summed E-state index contributed by atoms with van der Waals surface area (Å²) < 4.78 is 11.9. The number of guanidine groups is 1. The maximum atomic E-state index is 12.2. The highest BCUT2D eigenvalue weighted by molar-refractivity contribution is 9.10. The topological polar surface area (TPSA) is 124 Å². The van der Waals surface area contributed by atoms with Gasteiger partial charge >= 0.3 is 0 Å². The van der Waals surface area contributed by atoms with Crippen LogP contribution in [0.4, 0.5) is 5.69 Å². The standard InChI is InChI=1S/C19H22BrN5O3/c1-3-27-16-9-13(10-23-25-19(21)22)8-15(20)18(16)28-11-17(26)24-14-6-4-12(2)5-7-14/h4-10H,3,11H2,1-2H3,(H,24,26)(H4,21,22,25). The van der Waals surface area contributed by atoms with E-state index in [9.17, 15) is 4.79 Å². The van der Waals surface area contributed by atoms with E-state index < -0.39 is 0 Å². The van der Waals surface area contributed by atoms with Crippen LogP contribution in [0.25, 0.3) is 0 Å². The fourth-order valence-electron chi connectivity index (χ4n) is 2.20. The summed E-state index contributed by atoms with van der Waals surface area (Å²) in [6.45, 7) is 4.08. The zero-order valence-electron chi connectivity index (χ0n) is 15.6. The number of nitrogens with one attached hydrogen (secondary N) is 1. The molecule has 2 aromatic carbocycles. The number of carbonyl (C=O) groups excluding carboxylic acids is 1. The monoisotopic (exact) mass is 447 g/mol. The summed E-state index contributed by atoms with van der Waals surface area (Å²) in [7, 11) is 0. The van der Waals surface area contributed by atoms with Crippen LogP contribution in [-0.4, -0.2) is 31.3 Å². The van der Waals surface area contributed by atoms with E-state index in [0.717, 1.165) is 5.56 Å². The maximum Gasteiger partial charge on any atom is 0.262 e. The lowest BCUT2D eigenvalue weighted by Gasteiger charge is -2.14. The largest absolute Gasteiger partial charge is 0.490 e. The number of ether oxygens (including phenoxy) is 2. The molecule has 0 aliphatic rings. The van der Waals surface area contributed by atoms with Crippen molar-refractivity contribution >= 4 is 39.7 Å². The number of hydrogen-bond donors (Lipinski definition) is 3. The van der Waals surface area contributed by atoms with Crippen LogP contribution in [0.2, 0.25) is 0 Å². The van der Waals surface area contributed by atoms with Gasteiger partial charge in [-0.15, -0.1) is 5.10 Å². The van der Waals surface area contributed by atoms with Crippen molar-refractivity contribution in [2.24, 2.45) is 21.7 Å². The Hall–Kier alpha value is -3.07. The second kappa shape index (κ2) is 10.3. The first kappa shape index (κ1) is 21.2. The van der Waals surface area contributed by atoms with Crippen LogP contribution in [0.1, 0.15) is 18.1 Å². The number of halogens is 1. The van der Waals surface area contributed by atoms with Crippen LogP contribution in [-0.2, 0) is 4.79 Å². The highest BCUT2D eigenvalue weighted by Gasteiger charge is 2.14. The first-order valence-corrected chi connectivity index (χ1v) is 9.26. The number of nitrogens with two attached hydrogens (primary N) is 2. The fraction of sp³-hybridized carbons (Fsp3) is 0.211. The van der Waals surface area contributed by atoms with Gasteiger partial charge in [0.05, 0.1) is 17.3 Å². The molecule has 0 spiro atoms. The average molecular weight is 448 g/mol. The highest BCUT2D eigenvalue weighted by atomic mass is 79.9. The van der Waals surface area contributed by atoms with E-state index in [0.29, 0.717) is 33.8 Å². The van der Waals surface area contributed by atoms with Crippen molar-refractivity contribution in [2.45, 2.75) is 13.8 Å². The fourth-order valence-corrected chi connectivity index (χ4v) is 2.77. The Morgan fingerprint density at radius 2 is 1.93 bits per heavy atom. The molecule has 0 atom stereocenters. The number of carbonyl (C=O) groups is 1. The van der Waals surface area contributed by atoms with Crippen molar-refractivity contribution in [3.63, 3.8) is 0 Å². The van der Waals surface area contributed by atoms with Crippen molar-refractivity contribution in [2.75, 3.05) is 18.5 Å². The van der Waals surface area contributed by atoms with Gasteiger partial charge in [-0.25, -0.2) is 0 Å². The Balaban J connectivity index is 2.10. The van der Waals surface area contributed by atoms with E-state index in [4.69, 9.17) is 20.9 Å². The SMILES string of the molecule is CCOc1cc(C=NN=C(N)N)cc(Br)c1OCC(=O)Nc1ccc(C)cc1. The molecule has 0 aliphatic carbocycles. The third-order valence-corrected chi connectivity index (χ3v) is 3.98. The minimum absolute atomic E-state index is 0.139. The lowest BCUT2D eigenvalue weighted by atomic mass is 10.2. The zero-order chi connectivity index (χ0) is 20.5. The molecule has 0 saturated heterocycles. The quantitative estimate of drug-likeness (QED) is 0.326. The minimum atomic E-state index is -0.281. The molecular weight excluding hydrogens is 426 g/mol. The van der Waals surface area contributed by atoms with Gasteiger partial charge in [-0.3, -0.25) is 4.79 Å². The highest BCUT2D eigenvalue weighted by Crippen LogP contribution is 2.36. The van der Waals surface area contributed by atoms with Crippen molar-refractivity contribution in [3.05, 3.63) is 52.0 Å². The number of rotatable bonds is 8. The first-order valence-electron chi connectivity index (χ1n) is 8.46. The molecule has 0 saturated carbocycles. The average Bonchev–Trinajstić information content (AvgIpc) is 2.63. The van der Waals surface area contributed by atoms with Gasteiger partial charge in [0.15, 0.2) is 18.1 Å². The normalized spacial score (nSPS) is 10.5. The van der Waals surface area contributed by atoms with Gasteiger partial charge in [0.2, 0.25) is 5.96 Å². The molecule has 0 heterocycles. The summed E-state index contributed by atoms with van der Waals surface area (Å²) in [5.41, 5.74) is 13.0. The predicted octanol–water partition coefficient (Wildman–Crippen LogP) is 2.78. The number of nitrogens with zero attached hydrogens (tertiary/aromatic N) is 2. The number of aryl methyl sites for hydroxylation is 1. The first-order chi connectivity index (χ1) is 13.4. The molecule has 8 nitrogen and oxygen atoms in total. The summed E-state index contributed by atoms with van der Waals surface area (Å²) in [5.74, 6) is 0.461. The molecule has 2 rings (SSSR count). The van der Waals surface area contributed by atoms with Crippen molar-refractivity contribution in [1.82, 2.24) is 0 Å². The van der Waals surface area contributed by atoms with Crippen LogP contribution in [0.5, 0.6) is 11.5 Å². The number of benzene rings is 2. The van der Waals surface area contributed by atoms with E-state index in [2.05, 4.69) is 31.4 Å². The van der Waals surface area contributed by atoms with E-state index in [-0.39, 0.29) is 18.5 Å². The van der Waals surface area contributed by atoms with Crippen LogP contribution < -0.4 is 26.3 Å². The summed E-state index contributed by atoms with van der Waals surface area (Å²) in [6, 6.07) is 11.0. The molecule has 5 N–H and O–H groups in total. The summed E-state index contributed by atoms with van der Waals surface area (Å²) >= 11 is 3.43. The molecule has 2 aromatic rings. The van der Waals surface area contributed by atoms with Crippen molar-refractivity contribution < 1.29 is 14.3 Å². The van der Waals surface area contributed by atoms with Gasteiger partial charge in [-0.1, -0.05) is 17.7 Å². The number of anilines is 1. The zero-order valence-corrected chi connectivity index (χ0v) is 17.2. The van der Waals surface area contributed by atoms with Crippen LogP contribution >= 0.6 is 15.9 Å². The Labute approximate surface area is 171 Å². The van der Waals surface area contributed by atoms with Gasteiger partial charge in [-0.05, 0) is 59.6 Å². The van der Waals surface area contributed by atoms with Crippen LogP contribution in [0.3, 0.4) is 0 Å². The third-order valence-electron chi connectivity index (χ3n) is 3.39. The van der Waals surface area contributed by atoms with E-state index in [1.807, 2.05) is 38.1 Å². The molecular formula is C19H22BrN5O3. The molecule has 28 heavy (non-hydrogen) atoms. The number of amides is 1. The second-order valence-electron chi connectivity index (χ2n) is 5.74. The Morgan fingerprint density at radius 3 is 2.57 bits per heavy atom. The van der Waals surface area contributed by atoms with E-state index in [1.54, 1.807) is 12.1 Å². The number of hydrogen-bond acceptors (Lipinski definition) is 5. The maximum absolute atomic E-state index is 12.2. The smallest absolute Gasteiger partial charge is 0.262 e. The summed E-state index contributed by atoms with van der Waals surface area (Å²) in [4.78, 5) is 12.2. The van der Waals surface area contributed by atoms with E-state index in [1.165, 1.54) is 6.21 Å². The molecule has 0 aromatic heterocycles. The Morgan fingerprint density at radius 1 is 1.21 bits per heavy atom. The minimum Gasteiger partial charge on any atom is -0.490 e. The summed E-state index contributed by atoms with van der Waals surface area (Å²) in [5, 5.41) is 10.1. The molecule has 1 amide bonds. The molecule has 0 unspecified atom stereocenters. The summed E-state index contributed by atoms with van der Waals surface area (Å²) in [6.07, 6.45) is 1.47. The molecule has 0 fully saturated rings. The molecule has 0 aliphatic heterocycles. The molecule has 9 heteroatoms. The second-order valence-corrected chi connectivity index (χ2v) is 6.59. The van der Waals surface area contributed by atoms with Gasteiger partial charge < -0.3 is 26.3 Å².